The average molecular weight is 293 g/mol. The van der Waals surface area contributed by atoms with Crippen LogP contribution in [0, 0.1) is 12.3 Å². The third kappa shape index (κ3) is 3.74. The van der Waals surface area contributed by atoms with Crippen molar-refractivity contribution in [1.29, 1.82) is 0 Å². The maximum atomic E-state index is 12.0. The van der Waals surface area contributed by atoms with Crippen LogP contribution >= 0.6 is 0 Å². The first-order valence-corrected chi connectivity index (χ1v) is 6.78. The molecule has 0 heterocycles. The van der Waals surface area contributed by atoms with Crippen molar-refractivity contribution in [2.24, 2.45) is 0 Å². The van der Waals surface area contributed by atoms with Gasteiger partial charge in [-0.2, -0.15) is 0 Å². The summed E-state index contributed by atoms with van der Waals surface area (Å²) in [5, 5.41) is 11.9. The Balaban J connectivity index is 1.95. The zero-order valence-electron chi connectivity index (χ0n) is 11.9. The molecule has 0 aliphatic carbocycles. The fourth-order valence-corrected chi connectivity index (χ4v) is 2.08. The highest BCUT2D eigenvalue weighted by molar-refractivity contribution is 5.94. The van der Waals surface area contributed by atoms with Crippen molar-refractivity contribution in [3.05, 3.63) is 70.8 Å². The summed E-state index contributed by atoms with van der Waals surface area (Å²) >= 11 is 0. The van der Waals surface area contributed by atoms with Crippen molar-refractivity contribution < 1.29 is 14.7 Å². The first kappa shape index (κ1) is 15.3. The Morgan fingerprint density at radius 1 is 1.09 bits per heavy atom. The minimum atomic E-state index is -0.966. The minimum absolute atomic E-state index is 0.212. The summed E-state index contributed by atoms with van der Waals surface area (Å²) in [7, 11) is 0. The topological polar surface area (TPSA) is 66.4 Å². The molecule has 0 aliphatic heterocycles. The Morgan fingerprint density at radius 3 is 2.41 bits per heavy atom. The molecule has 110 valence electrons. The molecule has 0 radical (unpaired) electrons. The van der Waals surface area contributed by atoms with Crippen LogP contribution in [-0.2, 0) is 6.42 Å². The second-order valence-corrected chi connectivity index (χ2v) is 4.69. The molecular formula is C18H15NO3. The van der Waals surface area contributed by atoms with Gasteiger partial charge in [-0.15, -0.1) is 6.42 Å². The largest absolute Gasteiger partial charge is 0.478 e. The quantitative estimate of drug-likeness (QED) is 0.832. The van der Waals surface area contributed by atoms with Crippen LogP contribution in [0.2, 0.25) is 0 Å². The highest BCUT2D eigenvalue weighted by atomic mass is 16.4. The maximum absolute atomic E-state index is 12.0. The van der Waals surface area contributed by atoms with E-state index in [2.05, 4.69) is 11.2 Å². The third-order valence-corrected chi connectivity index (χ3v) is 3.24. The van der Waals surface area contributed by atoms with E-state index in [-0.39, 0.29) is 11.5 Å². The van der Waals surface area contributed by atoms with Gasteiger partial charge in [-0.1, -0.05) is 24.1 Å². The Bertz CT molecular complexity index is 727. The lowest BCUT2D eigenvalue weighted by Gasteiger charge is -2.08. The molecule has 0 unspecified atom stereocenters. The van der Waals surface area contributed by atoms with Crippen molar-refractivity contribution in [3.8, 4) is 12.3 Å². The molecule has 0 fully saturated rings. The van der Waals surface area contributed by atoms with E-state index < -0.39 is 5.97 Å². The van der Waals surface area contributed by atoms with Crippen molar-refractivity contribution in [3.63, 3.8) is 0 Å². The number of hydrogen-bond acceptors (Lipinski definition) is 2. The third-order valence-electron chi connectivity index (χ3n) is 3.24. The summed E-state index contributed by atoms with van der Waals surface area (Å²) in [5.74, 6) is 1.31. The van der Waals surface area contributed by atoms with Crippen LogP contribution in [-0.4, -0.2) is 23.5 Å². The number of carbonyl (C=O) groups is 2. The van der Waals surface area contributed by atoms with Gasteiger partial charge in [0.25, 0.3) is 5.91 Å². The molecule has 2 aromatic carbocycles. The van der Waals surface area contributed by atoms with Crippen LogP contribution in [0.25, 0.3) is 0 Å². The van der Waals surface area contributed by atoms with Crippen molar-refractivity contribution >= 4 is 11.9 Å². The lowest BCUT2D eigenvalue weighted by molar-refractivity contribution is 0.0695. The number of terminal acetylenes is 1. The lowest BCUT2D eigenvalue weighted by atomic mass is 10.0. The van der Waals surface area contributed by atoms with E-state index in [4.69, 9.17) is 11.5 Å². The molecule has 0 spiro atoms. The highest BCUT2D eigenvalue weighted by Gasteiger charge is 2.09. The first-order chi connectivity index (χ1) is 10.6. The lowest BCUT2D eigenvalue weighted by Crippen LogP contribution is -2.26. The summed E-state index contributed by atoms with van der Waals surface area (Å²) in [6.45, 7) is 0.361. The van der Waals surface area contributed by atoms with Crippen molar-refractivity contribution in [2.45, 2.75) is 6.42 Å². The van der Waals surface area contributed by atoms with E-state index in [0.717, 1.165) is 0 Å². The van der Waals surface area contributed by atoms with Crippen molar-refractivity contribution in [2.75, 3.05) is 6.54 Å². The van der Waals surface area contributed by atoms with E-state index in [1.54, 1.807) is 48.5 Å². The number of benzene rings is 2. The number of nitrogens with one attached hydrogen (secondary N) is 1. The van der Waals surface area contributed by atoms with Crippen LogP contribution < -0.4 is 5.32 Å². The molecule has 0 saturated heterocycles. The van der Waals surface area contributed by atoms with Gasteiger partial charge < -0.3 is 10.4 Å². The van der Waals surface area contributed by atoms with E-state index >= 15 is 0 Å². The summed E-state index contributed by atoms with van der Waals surface area (Å²) in [5.41, 5.74) is 2.19. The number of carboxylic acid groups (broad SMARTS) is 1. The second kappa shape index (κ2) is 7.09. The van der Waals surface area contributed by atoms with Gasteiger partial charge in [0.2, 0.25) is 0 Å². The second-order valence-electron chi connectivity index (χ2n) is 4.69. The monoisotopic (exact) mass is 293 g/mol. The first-order valence-electron chi connectivity index (χ1n) is 6.78. The standard InChI is InChI=1S/C18H15NO3/c1-2-13-7-9-15(10-8-13)17(20)19-12-11-14-5-3-4-6-16(14)18(21)22/h1,3-10H,11-12H2,(H,19,20)(H,21,22). The molecule has 2 aromatic rings. The van der Waals surface area contributed by atoms with E-state index in [1.807, 2.05) is 0 Å². The number of hydrogen-bond donors (Lipinski definition) is 2. The number of rotatable bonds is 5. The Hall–Kier alpha value is -3.06. The molecule has 0 aromatic heterocycles. The van der Waals surface area contributed by atoms with Gasteiger partial charge in [0.05, 0.1) is 5.56 Å². The predicted octanol–water partition coefficient (Wildman–Crippen LogP) is 2.34. The molecule has 4 heteroatoms. The average Bonchev–Trinajstić information content (AvgIpc) is 2.55. The molecule has 0 aliphatic rings. The zero-order valence-corrected chi connectivity index (χ0v) is 11.9. The Kier molecular flexibility index (Phi) is 4.94. The van der Waals surface area contributed by atoms with Crippen molar-refractivity contribution in [1.82, 2.24) is 5.32 Å². The van der Waals surface area contributed by atoms with Crippen LogP contribution in [0.4, 0.5) is 0 Å². The van der Waals surface area contributed by atoms with Gasteiger partial charge >= 0.3 is 5.97 Å². The molecule has 2 N–H and O–H groups in total. The van der Waals surface area contributed by atoms with Gasteiger partial charge in [-0.3, -0.25) is 4.79 Å². The molecule has 2 rings (SSSR count). The van der Waals surface area contributed by atoms with Gasteiger partial charge in [0, 0.05) is 17.7 Å². The number of aromatic carboxylic acids is 1. The molecule has 4 nitrogen and oxygen atoms in total. The predicted molar refractivity (Wildman–Crippen MR) is 83.8 cm³/mol. The Morgan fingerprint density at radius 2 is 1.77 bits per heavy atom. The van der Waals surface area contributed by atoms with Gasteiger partial charge in [-0.05, 0) is 42.3 Å². The van der Waals surface area contributed by atoms with Crippen LogP contribution in [0.1, 0.15) is 31.8 Å². The minimum Gasteiger partial charge on any atom is -0.478 e. The van der Waals surface area contributed by atoms with E-state index in [9.17, 15) is 9.59 Å². The smallest absolute Gasteiger partial charge is 0.335 e. The molecule has 0 saturated carbocycles. The van der Waals surface area contributed by atoms with E-state index in [0.29, 0.717) is 29.7 Å². The normalized spacial score (nSPS) is 9.77. The summed E-state index contributed by atoms with van der Waals surface area (Å²) < 4.78 is 0. The SMILES string of the molecule is C#Cc1ccc(C(=O)NCCc2ccccc2C(=O)O)cc1. The molecule has 0 atom stereocenters. The molecule has 1 amide bonds. The van der Waals surface area contributed by atoms with Crippen LogP contribution in [0.3, 0.4) is 0 Å². The molecular weight excluding hydrogens is 278 g/mol. The van der Waals surface area contributed by atoms with E-state index in [1.165, 1.54) is 0 Å². The summed E-state index contributed by atoms with van der Waals surface area (Å²) in [6.07, 6.45) is 5.72. The fourth-order valence-electron chi connectivity index (χ4n) is 2.08. The fraction of sp³-hybridized carbons (Fsp3) is 0.111. The van der Waals surface area contributed by atoms with Gasteiger partial charge in [-0.25, -0.2) is 4.79 Å². The number of amides is 1. The Labute approximate surface area is 128 Å². The zero-order chi connectivity index (χ0) is 15.9. The van der Waals surface area contributed by atoms with Crippen LogP contribution in [0.15, 0.2) is 48.5 Å². The maximum Gasteiger partial charge on any atom is 0.335 e. The highest BCUT2D eigenvalue weighted by Crippen LogP contribution is 2.09. The number of carboxylic acids is 1. The van der Waals surface area contributed by atoms with Gasteiger partial charge in [0.1, 0.15) is 0 Å². The number of carbonyl (C=O) groups excluding carboxylic acids is 1. The molecule has 0 bridgehead atoms. The van der Waals surface area contributed by atoms with Crippen LogP contribution in [0.5, 0.6) is 0 Å². The summed E-state index contributed by atoms with van der Waals surface area (Å²) in [6, 6.07) is 13.5. The summed E-state index contributed by atoms with van der Waals surface area (Å²) in [4.78, 5) is 23.1. The van der Waals surface area contributed by atoms with Gasteiger partial charge in [0.15, 0.2) is 0 Å². The molecule has 22 heavy (non-hydrogen) atoms.